The van der Waals surface area contributed by atoms with Gasteiger partial charge in [-0.1, -0.05) is 0 Å². The molecule has 0 unspecified atom stereocenters. The first-order chi connectivity index (χ1) is 8.19. The van der Waals surface area contributed by atoms with Crippen LogP contribution in [0.1, 0.15) is 5.56 Å². The monoisotopic (exact) mass is 289 g/mol. The van der Waals surface area contributed by atoms with Crippen molar-refractivity contribution in [1.29, 1.82) is 5.26 Å². The first kappa shape index (κ1) is 11.4. The molecule has 1 aromatic carbocycles. The van der Waals surface area contributed by atoms with Gasteiger partial charge >= 0.3 is 0 Å². The molecule has 2 rings (SSSR count). The van der Waals surface area contributed by atoms with E-state index in [1.165, 1.54) is 0 Å². The lowest BCUT2D eigenvalue weighted by Crippen LogP contribution is -1.91. The molecule has 4 nitrogen and oxygen atoms in total. The Morgan fingerprint density at radius 1 is 1.24 bits per heavy atom. The minimum Gasteiger partial charge on any atom is -0.456 e. The highest BCUT2D eigenvalue weighted by Crippen LogP contribution is 2.25. The van der Waals surface area contributed by atoms with Gasteiger partial charge in [0.1, 0.15) is 17.6 Å². The van der Waals surface area contributed by atoms with Crippen molar-refractivity contribution in [3.8, 4) is 17.6 Å². The van der Waals surface area contributed by atoms with Crippen molar-refractivity contribution in [2.45, 2.75) is 0 Å². The Labute approximate surface area is 107 Å². The number of nitriles is 1. The fraction of sp³-hybridized carbons (Fsp3) is 0. The fourth-order valence-electron chi connectivity index (χ4n) is 1.28. The average Bonchev–Trinajstić information content (AvgIpc) is 2.32. The molecule has 0 aliphatic rings. The van der Waals surface area contributed by atoms with E-state index in [0.29, 0.717) is 22.7 Å². The van der Waals surface area contributed by atoms with Crippen LogP contribution in [0.5, 0.6) is 11.5 Å². The SMILES string of the molecule is N#Cc1cc(Oc2cncc(Br)c2)ccc1N. The summed E-state index contributed by atoms with van der Waals surface area (Å²) in [5, 5.41) is 8.85. The molecule has 0 saturated carbocycles. The van der Waals surface area contributed by atoms with Crippen LogP contribution in [-0.4, -0.2) is 4.98 Å². The molecule has 0 aliphatic carbocycles. The number of halogens is 1. The first-order valence-electron chi connectivity index (χ1n) is 4.77. The Morgan fingerprint density at radius 3 is 2.76 bits per heavy atom. The molecule has 2 N–H and O–H groups in total. The number of nitrogens with two attached hydrogens (primary N) is 1. The van der Waals surface area contributed by atoms with Gasteiger partial charge in [-0.25, -0.2) is 0 Å². The van der Waals surface area contributed by atoms with Gasteiger partial charge < -0.3 is 10.5 Å². The summed E-state index contributed by atoms with van der Waals surface area (Å²) < 4.78 is 6.38. The van der Waals surface area contributed by atoms with Crippen LogP contribution in [0, 0.1) is 11.3 Å². The Hall–Kier alpha value is -2.06. The van der Waals surface area contributed by atoms with E-state index in [4.69, 9.17) is 15.7 Å². The second-order valence-electron chi connectivity index (χ2n) is 3.30. The third-order valence-electron chi connectivity index (χ3n) is 2.06. The maximum atomic E-state index is 8.85. The molecule has 0 aliphatic heterocycles. The van der Waals surface area contributed by atoms with Crippen molar-refractivity contribution in [3.05, 3.63) is 46.7 Å². The minimum atomic E-state index is 0.394. The van der Waals surface area contributed by atoms with E-state index in [9.17, 15) is 0 Å². The Bertz CT molecular complexity index is 593. The van der Waals surface area contributed by atoms with Crippen LogP contribution in [0.4, 0.5) is 5.69 Å². The lowest BCUT2D eigenvalue weighted by atomic mass is 10.2. The molecular formula is C12H8BrN3O. The summed E-state index contributed by atoms with van der Waals surface area (Å²) in [5.74, 6) is 1.14. The third kappa shape index (κ3) is 2.74. The summed E-state index contributed by atoms with van der Waals surface area (Å²) in [6, 6.07) is 8.73. The zero-order valence-corrected chi connectivity index (χ0v) is 10.3. The van der Waals surface area contributed by atoms with E-state index >= 15 is 0 Å². The number of benzene rings is 1. The lowest BCUT2D eigenvalue weighted by Gasteiger charge is -2.06. The molecule has 1 aromatic heterocycles. The number of hydrogen-bond acceptors (Lipinski definition) is 4. The molecule has 0 bridgehead atoms. The van der Waals surface area contributed by atoms with Crippen molar-refractivity contribution >= 4 is 21.6 Å². The number of pyridine rings is 1. The number of ether oxygens (including phenoxy) is 1. The van der Waals surface area contributed by atoms with E-state index in [1.54, 1.807) is 36.7 Å². The summed E-state index contributed by atoms with van der Waals surface area (Å²) in [7, 11) is 0. The summed E-state index contributed by atoms with van der Waals surface area (Å²) >= 11 is 3.30. The van der Waals surface area contributed by atoms with Crippen LogP contribution in [0.3, 0.4) is 0 Å². The molecular weight excluding hydrogens is 282 g/mol. The van der Waals surface area contributed by atoms with Gasteiger partial charge in [-0.05, 0) is 34.1 Å². The van der Waals surface area contributed by atoms with E-state index in [0.717, 1.165) is 4.47 Å². The largest absolute Gasteiger partial charge is 0.456 e. The highest BCUT2D eigenvalue weighted by Gasteiger charge is 2.03. The number of nitrogen functional groups attached to an aromatic ring is 1. The predicted octanol–water partition coefficient (Wildman–Crippen LogP) is 3.09. The summed E-state index contributed by atoms with van der Waals surface area (Å²) in [5.41, 5.74) is 6.45. The summed E-state index contributed by atoms with van der Waals surface area (Å²) in [6.45, 7) is 0. The van der Waals surface area contributed by atoms with Gasteiger partial charge in [-0.15, -0.1) is 0 Å². The van der Waals surface area contributed by atoms with Gasteiger partial charge in [0.05, 0.1) is 11.8 Å². The maximum Gasteiger partial charge on any atom is 0.146 e. The number of rotatable bonds is 2. The maximum absolute atomic E-state index is 8.85. The van der Waals surface area contributed by atoms with Gasteiger partial charge in [0.2, 0.25) is 0 Å². The zero-order chi connectivity index (χ0) is 12.3. The molecule has 0 radical (unpaired) electrons. The van der Waals surface area contributed by atoms with Crippen molar-refractivity contribution in [2.75, 3.05) is 5.73 Å². The predicted molar refractivity (Wildman–Crippen MR) is 67.6 cm³/mol. The standard InChI is InChI=1S/C12H8BrN3O/c13-9-4-11(7-16-6-9)17-10-1-2-12(15)8(3-10)5-14/h1-4,6-7H,15H2. The molecule has 17 heavy (non-hydrogen) atoms. The Kier molecular flexibility index (Phi) is 3.26. The Balaban J connectivity index is 2.28. The van der Waals surface area contributed by atoms with Gasteiger partial charge in [-0.2, -0.15) is 5.26 Å². The van der Waals surface area contributed by atoms with Gasteiger partial charge in [-0.3, -0.25) is 4.98 Å². The average molecular weight is 290 g/mol. The van der Waals surface area contributed by atoms with E-state index in [1.807, 2.05) is 6.07 Å². The smallest absolute Gasteiger partial charge is 0.146 e. The van der Waals surface area contributed by atoms with Crippen LogP contribution in [0.15, 0.2) is 41.1 Å². The number of anilines is 1. The van der Waals surface area contributed by atoms with Crippen molar-refractivity contribution in [1.82, 2.24) is 4.98 Å². The number of aromatic nitrogens is 1. The van der Waals surface area contributed by atoms with Gasteiger partial charge in [0.25, 0.3) is 0 Å². The van der Waals surface area contributed by atoms with Crippen molar-refractivity contribution in [2.24, 2.45) is 0 Å². The molecule has 2 aromatic rings. The molecule has 1 heterocycles. The third-order valence-corrected chi connectivity index (χ3v) is 2.49. The van der Waals surface area contributed by atoms with Crippen LogP contribution < -0.4 is 10.5 Å². The second kappa shape index (κ2) is 4.85. The van der Waals surface area contributed by atoms with Gasteiger partial charge in [0.15, 0.2) is 0 Å². The van der Waals surface area contributed by atoms with Gasteiger partial charge in [0, 0.05) is 22.4 Å². The second-order valence-corrected chi connectivity index (χ2v) is 4.22. The van der Waals surface area contributed by atoms with Crippen molar-refractivity contribution < 1.29 is 4.74 Å². The molecule has 0 spiro atoms. The highest BCUT2D eigenvalue weighted by molar-refractivity contribution is 9.10. The van der Waals surface area contributed by atoms with Crippen LogP contribution in [-0.2, 0) is 0 Å². The summed E-state index contributed by atoms with van der Waals surface area (Å²) in [4.78, 5) is 3.98. The molecule has 84 valence electrons. The highest BCUT2D eigenvalue weighted by atomic mass is 79.9. The van der Waals surface area contributed by atoms with Crippen molar-refractivity contribution in [3.63, 3.8) is 0 Å². The summed E-state index contributed by atoms with van der Waals surface area (Å²) in [6.07, 6.45) is 3.25. The molecule has 0 fully saturated rings. The van der Waals surface area contributed by atoms with E-state index in [2.05, 4.69) is 20.9 Å². The van der Waals surface area contributed by atoms with Crippen LogP contribution in [0.25, 0.3) is 0 Å². The van der Waals surface area contributed by atoms with Crippen LogP contribution >= 0.6 is 15.9 Å². The number of hydrogen-bond donors (Lipinski definition) is 1. The fourth-order valence-corrected chi connectivity index (χ4v) is 1.62. The quantitative estimate of drug-likeness (QED) is 0.863. The van der Waals surface area contributed by atoms with Crippen LogP contribution in [0.2, 0.25) is 0 Å². The van der Waals surface area contributed by atoms with E-state index < -0.39 is 0 Å². The Morgan fingerprint density at radius 2 is 2.06 bits per heavy atom. The first-order valence-corrected chi connectivity index (χ1v) is 5.56. The molecule has 5 heteroatoms. The normalized spacial score (nSPS) is 9.65. The topological polar surface area (TPSA) is 71.9 Å². The molecule has 0 saturated heterocycles. The molecule has 0 amide bonds. The van der Waals surface area contributed by atoms with E-state index in [-0.39, 0.29) is 0 Å². The number of nitrogens with zero attached hydrogens (tertiary/aromatic N) is 2. The lowest BCUT2D eigenvalue weighted by molar-refractivity contribution is 0.480. The zero-order valence-electron chi connectivity index (χ0n) is 8.72. The minimum absolute atomic E-state index is 0.394. The molecule has 0 atom stereocenters.